The van der Waals surface area contributed by atoms with E-state index in [2.05, 4.69) is 11.7 Å². The third-order valence-corrected chi connectivity index (χ3v) is 6.19. The molecule has 0 aliphatic carbocycles. The van der Waals surface area contributed by atoms with Crippen molar-refractivity contribution in [2.45, 2.75) is 12.5 Å². The number of nitrogens with zero attached hydrogens (tertiary/aromatic N) is 3. The van der Waals surface area contributed by atoms with Gasteiger partial charge in [-0.1, -0.05) is 41.6 Å². The van der Waals surface area contributed by atoms with E-state index in [-0.39, 0.29) is 34.7 Å². The number of fused-ring (bicyclic) bond motifs is 5. The number of hydrogen-bond acceptors (Lipinski definition) is 6. The van der Waals surface area contributed by atoms with Crippen molar-refractivity contribution < 1.29 is 18.5 Å². The molecular formula is C25H17N3O5. The minimum Gasteiger partial charge on any atom is -0.450 e. The van der Waals surface area contributed by atoms with Crippen LogP contribution in [0.15, 0.2) is 81.0 Å². The summed E-state index contributed by atoms with van der Waals surface area (Å²) >= 11 is 0. The van der Waals surface area contributed by atoms with E-state index in [0.29, 0.717) is 17.0 Å². The largest absolute Gasteiger partial charge is 0.450 e. The molecule has 162 valence electrons. The van der Waals surface area contributed by atoms with Gasteiger partial charge in [0.2, 0.25) is 5.76 Å². The molecule has 8 nitrogen and oxygen atoms in total. The smallest absolute Gasteiger partial charge is 0.297 e. The molecule has 1 atom stereocenters. The maximum atomic E-state index is 14.2. The van der Waals surface area contributed by atoms with Gasteiger partial charge < -0.3 is 13.8 Å². The highest BCUT2D eigenvalue weighted by Gasteiger charge is 2.66. The van der Waals surface area contributed by atoms with Gasteiger partial charge in [-0.25, -0.2) is 0 Å². The van der Waals surface area contributed by atoms with Crippen LogP contribution in [0.2, 0.25) is 0 Å². The highest BCUT2D eigenvalue weighted by molar-refractivity contribution is 6.24. The molecule has 4 aromatic rings. The fraction of sp³-hybridized carbons (Fsp3) is 0.120. The molecule has 0 saturated carbocycles. The van der Waals surface area contributed by atoms with Gasteiger partial charge in [0.05, 0.1) is 16.6 Å². The molecule has 2 aliphatic rings. The van der Waals surface area contributed by atoms with Crippen molar-refractivity contribution in [1.29, 1.82) is 0 Å². The standard InChI is InChI=1S/C25H17N3O5/c1-3-12-27-17-10-6-5-9-16(17)25(24(27)31)20-21(29)15-8-4-7-11-18(15)32-22(20)23(30)28(25)19-13-14(2)33-26-19/h3-11,13H,1,12H2,2H3. The number of carbonyl (C=O) groups is 2. The van der Waals surface area contributed by atoms with E-state index in [1.54, 1.807) is 67.6 Å². The van der Waals surface area contributed by atoms with Crippen LogP contribution in [-0.4, -0.2) is 23.5 Å². The molecule has 0 saturated heterocycles. The molecule has 2 aromatic carbocycles. The van der Waals surface area contributed by atoms with Gasteiger partial charge in [0.25, 0.3) is 11.8 Å². The molecule has 8 heteroatoms. The highest BCUT2D eigenvalue weighted by Crippen LogP contribution is 2.53. The zero-order chi connectivity index (χ0) is 22.9. The zero-order valence-corrected chi connectivity index (χ0v) is 17.6. The van der Waals surface area contributed by atoms with Crippen LogP contribution in [0.4, 0.5) is 11.5 Å². The highest BCUT2D eigenvalue weighted by atomic mass is 16.5. The predicted octanol–water partition coefficient (Wildman–Crippen LogP) is 3.53. The first-order chi connectivity index (χ1) is 16.0. The Hall–Kier alpha value is -4.46. The molecule has 4 heterocycles. The average molecular weight is 439 g/mol. The van der Waals surface area contributed by atoms with E-state index in [1.807, 2.05) is 0 Å². The maximum absolute atomic E-state index is 14.2. The van der Waals surface area contributed by atoms with Crippen molar-refractivity contribution in [1.82, 2.24) is 5.16 Å². The number of benzene rings is 2. The number of anilines is 2. The summed E-state index contributed by atoms with van der Waals surface area (Å²) in [5.41, 5.74) is -0.889. The van der Waals surface area contributed by atoms with E-state index in [1.165, 1.54) is 9.80 Å². The van der Waals surface area contributed by atoms with Crippen molar-refractivity contribution in [3.8, 4) is 0 Å². The van der Waals surface area contributed by atoms with Crippen molar-refractivity contribution in [3.05, 3.63) is 100 Å². The number of rotatable bonds is 3. The average Bonchev–Trinajstić information content (AvgIpc) is 3.43. The van der Waals surface area contributed by atoms with Gasteiger partial charge in [-0.3, -0.25) is 19.3 Å². The second kappa shape index (κ2) is 6.52. The first-order valence-electron chi connectivity index (χ1n) is 10.4. The third kappa shape index (κ3) is 2.24. The van der Waals surface area contributed by atoms with Gasteiger partial charge in [-0.2, -0.15) is 0 Å². The first kappa shape index (κ1) is 19.2. The summed E-state index contributed by atoms with van der Waals surface area (Å²) in [6.07, 6.45) is 1.60. The van der Waals surface area contributed by atoms with Crippen LogP contribution >= 0.6 is 0 Å². The molecule has 0 radical (unpaired) electrons. The zero-order valence-electron chi connectivity index (χ0n) is 17.6. The van der Waals surface area contributed by atoms with Gasteiger partial charge in [0.15, 0.2) is 16.8 Å². The predicted molar refractivity (Wildman–Crippen MR) is 120 cm³/mol. The van der Waals surface area contributed by atoms with Crippen LogP contribution < -0.4 is 15.2 Å². The summed E-state index contributed by atoms with van der Waals surface area (Å²) < 4.78 is 11.2. The van der Waals surface area contributed by atoms with Gasteiger partial charge in [-0.05, 0) is 25.1 Å². The summed E-state index contributed by atoms with van der Waals surface area (Å²) in [5.74, 6) is -0.697. The second-order valence-corrected chi connectivity index (χ2v) is 8.00. The Balaban J connectivity index is 1.79. The maximum Gasteiger partial charge on any atom is 0.297 e. The number of amides is 2. The lowest BCUT2D eigenvalue weighted by Crippen LogP contribution is -2.54. The summed E-state index contributed by atoms with van der Waals surface area (Å²) in [7, 11) is 0. The SMILES string of the molecule is C=CCN1C(=O)C2(c3ccccc31)c1c(oc3ccccc3c1=O)C(=O)N2c1cc(C)on1. The van der Waals surface area contributed by atoms with E-state index >= 15 is 0 Å². The molecule has 1 spiro atoms. The molecule has 2 aromatic heterocycles. The number of para-hydroxylation sites is 2. The normalized spacial score (nSPS) is 18.9. The Labute approximate surface area is 187 Å². The van der Waals surface area contributed by atoms with Gasteiger partial charge in [-0.15, -0.1) is 6.58 Å². The van der Waals surface area contributed by atoms with E-state index < -0.39 is 22.8 Å². The summed E-state index contributed by atoms with van der Waals surface area (Å²) in [6.45, 7) is 5.65. The first-order valence-corrected chi connectivity index (χ1v) is 10.4. The van der Waals surface area contributed by atoms with E-state index in [9.17, 15) is 14.4 Å². The molecule has 0 fully saturated rings. The lowest BCUT2D eigenvalue weighted by molar-refractivity contribution is -0.121. The van der Waals surface area contributed by atoms with Crippen molar-refractivity contribution in [2.75, 3.05) is 16.3 Å². The molecule has 2 amide bonds. The lowest BCUT2D eigenvalue weighted by atomic mass is 9.84. The molecular weight excluding hydrogens is 422 g/mol. The molecule has 0 bridgehead atoms. The number of carbonyl (C=O) groups excluding carboxylic acids is 2. The van der Waals surface area contributed by atoms with Crippen LogP contribution in [0.5, 0.6) is 0 Å². The Morgan fingerprint density at radius 1 is 1.09 bits per heavy atom. The van der Waals surface area contributed by atoms with Gasteiger partial charge >= 0.3 is 0 Å². The van der Waals surface area contributed by atoms with Crippen molar-refractivity contribution >= 4 is 34.3 Å². The van der Waals surface area contributed by atoms with Crippen LogP contribution in [-0.2, 0) is 10.3 Å². The van der Waals surface area contributed by atoms with Crippen molar-refractivity contribution in [2.24, 2.45) is 0 Å². The Bertz CT molecular complexity index is 1570. The van der Waals surface area contributed by atoms with E-state index in [0.717, 1.165) is 0 Å². The third-order valence-electron chi connectivity index (χ3n) is 6.19. The summed E-state index contributed by atoms with van der Waals surface area (Å²) in [5, 5.41) is 4.31. The van der Waals surface area contributed by atoms with Gasteiger partial charge in [0, 0.05) is 18.2 Å². The number of aromatic nitrogens is 1. The fourth-order valence-electron chi connectivity index (χ4n) is 4.92. The Morgan fingerprint density at radius 2 is 1.85 bits per heavy atom. The van der Waals surface area contributed by atoms with Crippen molar-refractivity contribution in [3.63, 3.8) is 0 Å². The molecule has 6 rings (SSSR count). The second-order valence-electron chi connectivity index (χ2n) is 8.00. The van der Waals surface area contributed by atoms with Crippen LogP contribution in [0.3, 0.4) is 0 Å². The molecule has 2 aliphatic heterocycles. The Morgan fingerprint density at radius 3 is 2.61 bits per heavy atom. The Kier molecular flexibility index (Phi) is 3.80. The molecule has 0 N–H and O–H groups in total. The summed E-state index contributed by atoms with van der Waals surface area (Å²) in [4.78, 5) is 44.6. The minimum atomic E-state index is -1.78. The molecule has 33 heavy (non-hydrogen) atoms. The van der Waals surface area contributed by atoms with Crippen LogP contribution in [0.25, 0.3) is 11.0 Å². The minimum absolute atomic E-state index is 0.0177. The van der Waals surface area contributed by atoms with Crippen LogP contribution in [0, 0.1) is 6.92 Å². The quantitative estimate of drug-likeness (QED) is 0.453. The lowest BCUT2D eigenvalue weighted by Gasteiger charge is -2.32. The van der Waals surface area contributed by atoms with Gasteiger partial charge in [0.1, 0.15) is 11.3 Å². The summed E-state index contributed by atoms with van der Waals surface area (Å²) in [6, 6.07) is 15.3. The van der Waals surface area contributed by atoms with Crippen LogP contribution in [0.1, 0.15) is 27.4 Å². The number of hydrogen-bond donors (Lipinski definition) is 0. The fourth-order valence-corrected chi connectivity index (χ4v) is 4.92. The topological polar surface area (TPSA) is 96.9 Å². The van der Waals surface area contributed by atoms with E-state index in [4.69, 9.17) is 8.94 Å². The monoisotopic (exact) mass is 439 g/mol. The molecule has 1 unspecified atom stereocenters. The number of aryl methyl sites for hydroxylation is 1.